The zero-order chi connectivity index (χ0) is 12.4. The molecule has 1 aliphatic rings. The maximum absolute atomic E-state index is 3.62. The molecule has 1 aliphatic heterocycles. The smallest absolute Gasteiger partial charge is 0.0579 e. The van der Waals surface area contributed by atoms with E-state index < -0.39 is 0 Å². The summed E-state index contributed by atoms with van der Waals surface area (Å²) in [5.74, 6) is 0. The first-order valence-corrected chi connectivity index (χ1v) is 7.56. The van der Waals surface area contributed by atoms with Gasteiger partial charge < -0.3 is 5.32 Å². The summed E-state index contributed by atoms with van der Waals surface area (Å²) in [4.78, 5) is 1.32. The fraction of sp³-hybridized carbons (Fsp3) is 0.250. The van der Waals surface area contributed by atoms with Crippen molar-refractivity contribution in [3.05, 3.63) is 65.2 Å². The minimum absolute atomic E-state index is 0.353. The van der Waals surface area contributed by atoms with Gasteiger partial charge in [-0.3, -0.25) is 0 Å². The molecule has 1 atom stereocenters. The standard InChI is InChI=1S/C16H17NS/c1-18-14-8-6-13(7-9-14)16-15-5-3-2-4-12(15)10-11-17-16/h2-9,16-17H,10-11H2,1H3/t16-/m0/s1. The molecule has 2 aromatic carbocycles. The highest BCUT2D eigenvalue weighted by molar-refractivity contribution is 7.98. The summed E-state index contributed by atoms with van der Waals surface area (Å²) < 4.78 is 0. The topological polar surface area (TPSA) is 12.0 Å². The predicted molar refractivity (Wildman–Crippen MR) is 78.2 cm³/mol. The Kier molecular flexibility index (Phi) is 3.39. The van der Waals surface area contributed by atoms with Crippen molar-refractivity contribution in [2.75, 3.05) is 12.8 Å². The molecule has 0 amide bonds. The van der Waals surface area contributed by atoms with Crippen molar-refractivity contribution < 1.29 is 0 Å². The summed E-state index contributed by atoms with van der Waals surface area (Å²) in [6.07, 6.45) is 3.25. The molecule has 0 saturated heterocycles. The minimum Gasteiger partial charge on any atom is -0.306 e. The fourth-order valence-corrected chi connectivity index (χ4v) is 3.01. The number of fused-ring (bicyclic) bond motifs is 1. The first-order valence-electron chi connectivity index (χ1n) is 6.33. The van der Waals surface area contributed by atoms with Gasteiger partial charge in [0.1, 0.15) is 0 Å². The number of hydrogen-bond donors (Lipinski definition) is 1. The quantitative estimate of drug-likeness (QED) is 0.822. The maximum atomic E-state index is 3.62. The summed E-state index contributed by atoms with van der Waals surface area (Å²) in [7, 11) is 0. The molecule has 92 valence electrons. The van der Waals surface area contributed by atoms with Gasteiger partial charge in [-0.15, -0.1) is 11.8 Å². The fourth-order valence-electron chi connectivity index (χ4n) is 2.60. The van der Waals surface area contributed by atoms with Gasteiger partial charge in [-0.05, 0) is 41.5 Å². The normalized spacial score (nSPS) is 18.4. The lowest BCUT2D eigenvalue weighted by Gasteiger charge is -2.27. The second-order valence-electron chi connectivity index (χ2n) is 4.61. The molecule has 2 heteroatoms. The van der Waals surface area contributed by atoms with E-state index in [4.69, 9.17) is 0 Å². The molecular weight excluding hydrogens is 238 g/mol. The van der Waals surface area contributed by atoms with E-state index in [0.717, 1.165) is 13.0 Å². The first-order chi connectivity index (χ1) is 8.88. The van der Waals surface area contributed by atoms with E-state index in [0.29, 0.717) is 6.04 Å². The van der Waals surface area contributed by atoms with E-state index in [2.05, 4.69) is 60.1 Å². The van der Waals surface area contributed by atoms with Crippen molar-refractivity contribution in [3.8, 4) is 0 Å². The highest BCUT2D eigenvalue weighted by Gasteiger charge is 2.20. The van der Waals surface area contributed by atoms with Crippen molar-refractivity contribution in [1.82, 2.24) is 5.32 Å². The van der Waals surface area contributed by atoms with Crippen LogP contribution in [0.2, 0.25) is 0 Å². The average Bonchev–Trinajstić information content (AvgIpc) is 2.47. The van der Waals surface area contributed by atoms with Gasteiger partial charge >= 0.3 is 0 Å². The molecule has 0 saturated carbocycles. The lowest BCUT2D eigenvalue weighted by Crippen LogP contribution is -2.30. The number of rotatable bonds is 2. The van der Waals surface area contributed by atoms with Crippen LogP contribution in [0.5, 0.6) is 0 Å². The Labute approximate surface area is 113 Å². The van der Waals surface area contributed by atoms with E-state index in [1.807, 2.05) is 0 Å². The van der Waals surface area contributed by atoms with Crippen LogP contribution < -0.4 is 5.32 Å². The van der Waals surface area contributed by atoms with Crippen LogP contribution in [-0.2, 0) is 6.42 Å². The number of benzene rings is 2. The maximum Gasteiger partial charge on any atom is 0.0579 e. The summed E-state index contributed by atoms with van der Waals surface area (Å²) in [6, 6.07) is 18.0. The van der Waals surface area contributed by atoms with Gasteiger partial charge in [0.05, 0.1) is 6.04 Å². The summed E-state index contributed by atoms with van der Waals surface area (Å²) in [6.45, 7) is 1.06. The van der Waals surface area contributed by atoms with Crippen molar-refractivity contribution in [2.45, 2.75) is 17.4 Å². The Morgan fingerprint density at radius 2 is 1.83 bits per heavy atom. The molecule has 0 radical (unpaired) electrons. The Balaban J connectivity index is 1.97. The van der Waals surface area contributed by atoms with Gasteiger partial charge in [0.15, 0.2) is 0 Å². The van der Waals surface area contributed by atoms with E-state index in [1.54, 1.807) is 11.8 Å². The van der Waals surface area contributed by atoms with E-state index in [1.165, 1.54) is 21.6 Å². The van der Waals surface area contributed by atoms with Gasteiger partial charge in [-0.2, -0.15) is 0 Å². The van der Waals surface area contributed by atoms with Crippen LogP contribution in [0.4, 0.5) is 0 Å². The molecule has 3 rings (SSSR count). The summed E-state index contributed by atoms with van der Waals surface area (Å²) in [5.41, 5.74) is 4.27. The molecule has 0 spiro atoms. The highest BCUT2D eigenvalue weighted by Crippen LogP contribution is 2.29. The molecule has 0 fully saturated rings. The molecular formula is C16H17NS. The van der Waals surface area contributed by atoms with Crippen LogP contribution >= 0.6 is 11.8 Å². The summed E-state index contributed by atoms with van der Waals surface area (Å²) >= 11 is 1.79. The van der Waals surface area contributed by atoms with Crippen molar-refractivity contribution in [2.24, 2.45) is 0 Å². The molecule has 1 nitrogen and oxygen atoms in total. The Morgan fingerprint density at radius 3 is 2.61 bits per heavy atom. The van der Waals surface area contributed by atoms with Gasteiger partial charge in [-0.25, -0.2) is 0 Å². The Morgan fingerprint density at radius 1 is 1.06 bits per heavy atom. The zero-order valence-electron chi connectivity index (χ0n) is 10.5. The van der Waals surface area contributed by atoms with E-state index >= 15 is 0 Å². The van der Waals surface area contributed by atoms with Crippen LogP contribution in [0.15, 0.2) is 53.4 Å². The van der Waals surface area contributed by atoms with E-state index in [9.17, 15) is 0 Å². The van der Waals surface area contributed by atoms with Gasteiger partial charge in [-0.1, -0.05) is 36.4 Å². The SMILES string of the molecule is CSc1ccc([C@@H]2NCCc3ccccc32)cc1. The monoisotopic (exact) mass is 255 g/mol. The Hall–Kier alpha value is -1.25. The molecule has 1 N–H and O–H groups in total. The van der Waals surface area contributed by atoms with Gasteiger partial charge in [0.2, 0.25) is 0 Å². The lowest BCUT2D eigenvalue weighted by atomic mass is 9.90. The second kappa shape index (κ2) is 5.17. The first kappa shape index (κ1) is 11.8. The third-order valence-corrected chi connectivity index (χ3v) is 4.30. The summed E-state index contributed by atoms with van der Waals surface area (Å²) in [5, 5.41) is 3.62. The molecule has 18 heavy (non-hydrogen) atoms. The minimum atomic E-state index is 0.353. The number of thioether (sulfide) groups is 1. The highest BCUT2D eigenvalue weighted by atomic mass is 32.2. The van der Waals surface area contributed by atoms with Gasteiger partial charge in [0.25, 0.3) is 0 Å². The van der Waals surface area contributed by atoms with Crippen LogP contribution in [-0.4, -0.2) is 12.8 Å². The number of nitrogens with one attached hydrogen (secondary N) is 1. The molecule has 0 aliphatic carbocycles. The van der Waals surface area contributed by atoms with Crippen LogP contribution in [0, 0.1) is 0 Å². The van der Waals surface area contributed by atoms with Crippen molar-refractivity contribution in [3.63, 3.8) is 0 Å². The number of hydrogen-bond acceptors (Lipinski definition) is 2. The lowest BCUT2D eigenvalue weighted by molar-refractivity contribution is 0.567. The van der Waals surface area contributed by atoms with Crippen LogP contribution in [0.1, 0.15) is 22.7 Å². The largest absolute Gasteiger partial charge is 0.306 e. The third-order valence-electron chi connectivity index (χ3n) is 3.56. The molecule has 0 bridgehead atoms. The second-order valence-corrected chi connectivity index (χ2v) is 5.49. The van der Waals surface area contributed by atoms with Crippen molar-refractivity contribution >= 4 is 11.8 Å². The van der Waals surface area contributed by atoms with Crippen LogP contribution in [0.3, 0.4) is 0 Å². The van der Waals surface area contributed by atoms with Crippen molar-refractivity contribution in [1.29, 1.82) is 0 Å². The average molecular weight is 255 g/mol. The predicted octanol–water partition coefficient (Wildman–Crippen LogP) is 3.64. The molecule has 0 unspecified atom stereocenters. The molecule has 0 aromatic heterocycles. The van der Waals surface area contributed by atoms with Gasteiger partial charge in [0, 0.05) is 11.4 Å². The van der Waals surface area contributed by atoms with E-state index in [-0.39, 0.29) is 0 Å². The third kappa shape index (κ3) is 2.18. The van der Waals surface area contributed by atoms with Crippen LogP contribution in [0.25, 0.3) is 0 Å². The molecule has 2 aromatic rings. The Bertz CT molecular complexity index is 533. The molecule has 1 heterocycles. The zero-order valence-corrected chi connectivity index (χ0v) is 11.3.